The second-order valence-corrected chi connectivity index (χ2v) is 11.7. The van der Waals surface area contributed by atoms with Gasteiger partial charge in [0.25, 0.3) is 11.5 Å². The Bertz CT molecular complexity index is 1580. The van der Waals surface area contributed by atoms with Gasteiger partial charge in [0.2, 0.25) is 0 Å². The van der Waals surface area contributed by atoms with Gasteiger partial charge in [-0.25, -0.2) is 4.99 Å². The molecule has 1 amide bonds. The maximum Gasteiger partial charge on any atom is 0.271 e. The number of allylic oxidation sites excluding steroid dienone is 1. The largest absolute Gasteiger partial charge is 0.487 e. The minimum absolute atomic E-state index is 0.131. The highest BCUT2D eigenvalue weighted by Gasteiger charge is 2.34. The summed E-state index contributed by atoms with van der Waals surface area (Å²) in [5.41, 5.74) is 2.47. The van der Waals surface area contributed by atoms with Crippen LogP contribution in [0.3, 0.4) is 0 Å². The van der Waals surface area contributed by atoms with Crippen LogP contribution in [0.15, 0.2) is 79.1 Å². The zero-order valence-corrected chi connectivity index (χ0v) is 25.9. The zero-order chi connectivity index (χ0) is 27.6. The van der Waals surface area contributed by atoms with Gasteiger partial charge in [-0.15, -0.1) is 0 Å². The molecule has 1 aromatic heterocycles. The third-order valence-electron chi connectivity index (χ3n) is 6.15. The SMILES string of the molecule is C=CCOc1c(Br)cc(/C=c2/sc3n(c2=O)[C@H](c2ccc(Cl)cc2)C(C(=O)N(CC)CC)=C(C)N=3)cc1Br. The molecule has 2 heterocycles. The van der Waals surface area contributed by atoms with Crippen molar-refractivity contribution in [1.29, 1.82) is 0 Å². The average molecular weight is 680 g/mol. The number of benzene rings is 2. The molecule has 0 bridgehead atoms. The molecule has 38 heavy (non-hydrogen) atoms. The van der Waals surface area contributed by atoms with E-state index in [4.69, 9.17) is 21.3 Å². The standard InChI is InChI=1S/C28H26Br2ClN3O3S/c1-5-12-37-25-20(29)13-17(14-21(25)30)15-22-26(35)34-24(18-8-10-19(31)11-9-18)23(16(4)32-28(34)38-22)27(36)33(6-2)7-3/h5,8-11,13-15,24H,1,6-7,12H2,2-4H3/b22-15+/t24-/m1/s1. The third kappa shape index (κ3) is 5.61. The van der Waals surface area contributed by atoms with Crippen LogP contribution >= 0.6 is 54.8 Å². The number of nitrogens with zero attached hydrogens (tertiary/aromatic N) is 3. The summed E-state index contributed by atoms with van der Waals surface area (Å²) in [6.45, 7) is 10.9. The van der Waals surface area contributed by atoms with E-state index in [0.29, 0.717) is 51.1 Å². The highest BCUT2D eigenvalue weighted by atomic mass is 79.9. The van der Waals surface area contributed by atoms with Gasteiger partial charge in [0.05, 0.1) is 30.8 Å². The first kappa shape index (κ1) is 28.5. The molecule has 10 heteroatoms. The van der Waals surface area contributed by atoms with E-state index in [9.17, 15) is 9.59 Å². The van der Waals surface area contributed by atoms with Gasteiger partial charge in [-0.3, -0.25) is 14.2 Å². The molecule has 1 atom stereocenters. The smallest absolute Gasteiger partial charge is 0.271 e. The van der Waals surface area contributed by atoms with Crippen molar-refractivity contribution < 1.29 is 9.53 Å². The van der Waals surface area contributed by atoms with Crippen LogP contribution in [0.1, 0.15) is 37.9 Å². The van der Waals surface area contributed by atoms with Crippen molar-refractivity contribution in [1.82, 2.24) is 9.47 Å². The van der Waals surface area contributed by atoms with E-state index in [0.717, 1.165) is 20.1 Å². The van der Waals surface area contributed by atoms with Crippen LogP contribution in [0, 0.1) is 0 Å². The third-order valence-corrected chi connectivity index (χ3v) is 8.57. The Kier molecular flexibility index (Phi) is 9.13. The van der Waals surface area contributed by atoms with Crippen LogP contribution in [-0.2, 0) is 4.79 Å². The molecule has 3 aromatic rings. The van der Waals surface area contributed by atoms with Gasteiger partial charge in [-0.2, -0.15) is 0 Å². The van der Waals surface area contributed by atoms with Crippen molar-refractivity contribution in [2.45, 2.75) is 26.8 Å². The summed E-state index contributed by atoms with van der Waals surface area (Å²) in [7, 11) is 0. The summed E-state index contributed by atoms with van der Waals surface area (Å²) >= 11 is 14.6. The lowest BCUT2D eigenvalue weighted by molar-refractivity contribution is -0.127. The Hall–Kier alpha value is -2.46. The number of amides is 1. The van der Waals surface area contributed by atoms with Gasteiger partial charge in [-0.1, -0.05) is 47.7 Å². The van der Waals surface area contributed by atoms with E-state index < -0.39 is 6.04 Å². The molecule has 0 fully saturated rings. The molecule has 0 N–H and O–H groups in total. The van der Waals surface area contributed by atoms with E-state index in [1.54, 1.807) is 27.7 Å². The predicted molar refractivity (Wildman–Crippen MR) is 161 cm³/mol. The topological polar surface area (TPSA) is 63.9 Å². The first-order valence-corrected chi connectivity index (χ1v) is 14.8. The molecule has 0 radical (unpaired) electrons. The number of carbonyl (C=O) groups is 1. The molecular weight excluding hydrogens is 654 g/mol. The number of halogens is 3. The molecule has 6 nitrogen and oxygen atoms in total. The number of rotatable bonds is 8. The lowest BCUT2D eigenvalue weighted by Crippen LogP contribution is -2.43. The number of hydrogen-bond acceptors (Lipinski definition) is 5. The van der Waals surface area contributed by atoms with Crippen LogP contribution in [0.4, 0.5) is 0 Å². The van der Waals surface area contributed by atoms with Crippen molar-refractivity contribution in [3.05, 3.63) is 105 Å². The molecule has 0 unspecified atom stereocenters. The van der Waals surface area contributed by atoms with Crippen LogP contribution in [-0.4, -0.2) is 35.1 Å². The highest BCUT2D eigenvalue weighted by molar-refractivity contribution is 9.11. The summed E-state index contributed by atoms with van der Waals surface area (Å²) in [5, 5.41) is 0.579. The Balaban J connectivity index is 1.90. The van der Waals surface area contributed by atoms with Gasteiger partial charge in [0.15, 0.2) is 4.80 Å². The number of likely N-dealkylation sites (N-methyl/N-ethyl adjacent to an activating group) is 1. The molecule has 4 rings (SSSR count). The van der Waals surface area contributed by atoms with Crippen molar-refractivity contribution in [3.8, 4) is 5.75 Å². The zero-order valence-electron chi connectivity index (χ0n) is 21.1. The number of thiazole rings is 1. The second kappa shape index (κ2) is 12.2. The Morgan fingerprint density at radius 1 is 1.21 bits per heavy atom. The Labute approximate surface area is 246 Å². The first-order valence-electron chi connectivity index (χ1n) is 12.0. The monoisotopic (exact) mass is 677 g/mol. The molecule has 2 aromatic carbocycles. The molecule has 0 spiro atoms. The molecular formula is C28H26Br2ClN3O3S. The highest BCUT2D eigenvalue weighted by Crippen LogP contribution is 2.35. The first-order chi connectivity index (χ1) is 18.2. The Morgan fingerprint density at radius 3 is 2.42 bits per heavy atom. The van der Waals surface area contributed by atoms with Gasteiger partial charge in [-0.05, 0) is 94.1 Å². The number of aromatic nitrogens is 1. The van der Waals surface area contributed by atoms with Crippen LogP contribution in [0.25, 0.3) is 6.08 Å². The summed E-state index contributed by atoms with van der Waals surface area (Å²) in [4.78, 5) is 34.5. The fourth-order valence-electron chi connectivity index (χ4n) is 4.33. The van der Waals surface area contributed by atoms with E-state index >= 15 is 0 Å². The van der Waals surface area contributed by atoms with E-state index in [1.165, 1.54) is 11.3 Å². The Morgan fingerprint density at radius 2 is 1.84 bits per heavy atom. The molecule has 0 saturated carbocycles. The van der Waals surface area contributed by atoms with Crippen LogP contribution in [0.2, 0.25) is 5.02 Å². The maximum absolute atomic E-state index is 13.9. The average Bonchev–Trinajstić information content (AvgIpc) is 3.18. The van der Waals surface area contributed by atoms with Crippen molar-refractivity contribution in [2.24, 2.45) is 4.99 Å². The van der Waals surface area contributed by atoms with Crippen molar-refractivity contribution in [2.75, 3.05) is 19.7 Å². The normalized spacial score (nSPS) is 15.2. The molecule has 0 saturated heterocycles. The van der Waals surface area contributed by atoms with Crippen LogP contribution in [0.5, 0.6) is 5.75 Å². The minimum atomic E-state index is -0.619. The predicted octanol–water partition coefficient (Wildman–Crippen LogP) is 5.85. The summed E-state index contributed by atoms with van der Waals surface area (Å²) < 4.78 is 9.33. The molecule has 1 aliphatic heterocycles. The molecule has 0 aliphatic carbocycles. The van der Waals surface area contributed by atoms with E-state index in [1.807, 2.05) is 51.1 Å². The van der Waals surface area contributed by atoms with Crippen molar-refractivity contribution in [3.63, 3.8) is 0 Å². The lowest BCUT2D eigenvalue weighted by atomic mass is 9.94. The molecule has 198 valence electrons. The quantitative estimate of drug-likeness (QED) is 0.281. The van der Waals surface area contributed by atoms with Gasteiger partial charge in [0, 0.05) is 18.1 Å². The second-order valence-electron chi connectivity index (χ2n) is 8.52. The minimum Gasteiger partial charge on any atom is -0.487 e. The van der Waals surface area contributed by atoms with Crippen molar-refractivity contribution >= 4 is 66.8 Å². The lowest BCUT2D eigenvalue weighted by Gasteiger charge is -2.29. The van der Waals surface area contributed by atoms with Gasteiger partial charge < -0.3 is 9.64 Å². The summed E-state index contributed by atoms with van der Waals surface area (Å²) in [5.74, 6) is 0.523. The van der Waals surface area contributed by atoms with E-state index in [-0.39, 0.29) is 11.5 Å². The fourth-order valence-corrected chi connectivity index (χ4v) is 6.95. The number of carbonyl (C=O) groups excluding carboxylic acids is 1. The maximum atomic E-state index is 13.9. The number of ether oxygens (including phenoxy) is 1. The summed E-state index contributed by atoms with van der Waals surface area (Å²) in [6, 6.07) is 10.4. The summed E-state index contributed by atoms with van der Waals surface area (Å²) in [6.07, 6.45) is 3.49. The number of fused-ring (bicyclic) bond motifs is 1. The van der Waals surface area contributed by atoms with Gasteiger partial charge in [0.1, 0.15) is 12.4 Å². The number of hydrogen-bond donors (Lipinski definition) is 0. The molecule has 1 aliphatic rings. The van der Waals surface area contributed by atoms with E-state index in [2.05, 4.69) is 38.4 Å². The van der Waals surface area contributed by atoms with Crippen LogP contribution < -0.4 is 19.6 Å². The van der Waals surface area contributed by atoms with Gasteiger partial charge >= 0.3 is 0 Å². The fraction of sp³-hybridized carbons (Fsp3) is 0.250.